The maximum atomic E-state index is 14.2. The molecule has 0 spiro atoms. The zero-order valence-corrected chi connectivity index (χ0v) is 21.1. The second-order valence-corrected chi connectivity index (χ2v) is 12.0. The number of hydrogen-bond donors (Lipinski definition) is 1. The van der Waals surface area contributed by atoms with Gasteiger partial charge in [-0.05, 0) is 56.0 Å². The summed E-state index contributed by atoms with van der Waals surface area (Å²) in [4.78, 5) is 0. The standard InChI is InChI=1S/C25H27F7N2OS/c1-14(2)12-34-13-19(22(25(30,31)32)33-36(35)23(3,4)5)18-8-6-15(10-21(18)34)17-9-7-16(26)11-20(17)24(27,28)29/h6-11,13-14,22,33H,12H2,1-5H3/t22-,36?/m0/s1. The zero-order valence-electron chi connectivity index (χ0n) is 20.3. The van der Waals surface area contributed by atoms with E-state index in [0.717, 1.165) is 12.1 Å². The van der Waals surface area contributed by atoms with Crippen LogP contribution in [0.5, 0.6) is 0 Å². The summed E-state index contributed by atoms with van der Waals surface area (Å²) < 4.78 is 112. The molecule has 0 radical (unpaired) electrons. The van der Waals surface area contributed by atoms with Gasteiger partial charge in [-0.1, -0.05) is 32.0 Å². The number of rotatable bonds is 6. The normalized spacial score (nSPS) is 15.1. The van der Waals surface area contributed by atoms with Crippen molar-refractivity contribution in [3.05, 3.63) is 59.5 Å². The molecule has 0 aliphatic rings. The first kappa shape index (κ1) is 28.3. The average molecular weight is 537 g/mol. The van der Waals surface area contributed by atoms with Gasteiger partial charge in [0.25, 0.3) is 0 Å². The van der Waals surface area contributed by atoms with Crippen molar-refractivity contribution >= 4 is 22.3 Å². The van der Waals surface area contributed by atoms with Crippen LogP contribution in [0.4, 0.5) is 30.7 Å². The summed E-state index contributed by atoms with van der Waals surface area (Å²) in [5, 5.41) is 0.163. The number of halogens is 7. The van der Waals surface area contributed by atoms with Gasteiger partial charge in [0, 0.05) is 40.6 Å². The first-order chi connectivity index (χ1) is 16.4. The molecule has 0 saturated carbocycles. The summed E-state index contributed by atoms with van der Waals surface area (Å²) in [6.07, 6.45) is -8.33. The van der Waals surface area contributed by atoms with E-state index in [1.807, 2.05) is 13.8 Å². The van der Waals surface area contributed by atoms with Crippen molar-refractivity contribution in [3.8, 4) is 11.1 Å². The van der Waals surface area contributed by atoms with E-state index in [9.17, 15) is 35.3 Å². The lowest BCUT2D eigenvalue weighted by Gasteiger charge is -2.29. The van der Waals surface area contributed by atoms with Crippen LogP contribution in [0.15, 0.2) is 42.6 Å². The third-order valence-corrected chi connectivity index (χ3v) is 7.05. The van der Waals surface area contributed by atoms with Crippen molar-refractivity contribution in [2.75, 3.05) is 0 Å². The van der Waals surface area contributed by atoms with Crippen LogP contribution in [0.2, 0.25) is 0 Å². The Morgan fingerprint density at radius 1 is 0.972 bits per heavy atom. The van der Waals surface area contributed by atoms with Crippen LogP contribution in [-0.4, -0.2) is 20.0 Å². The summed E-state index contributed by atoms with van der Waals surface area (Å²) in [6.45, 7) is 8.62. The minimum atomic E-state index is -4.83. The van der Waals surface area contributed by atoms with Gasteiger partial charge in [-0.15, -0.1) is 4.72 Å². The van der Waals surface area contributed by atoms with E-state index in [2.05, 4.69) is 4.72 Å². The van der Waals surface area contributed by atoms with Crippen molar-refractivity contribution < 1.29 is 35.3 Å². The average Bonchev–Trinajstić information content (AvgIpc) is 3.06. The highest BCUT2D eigenvalue weighted by molar-refractivity contribution is 7.90. The van der Waals surface area contributed by atoms with E-state index in [0.29, 0.717) is 12.6 Å². The molecule has 3 rings (SSSR count). The monoisotopic (exact) mass is 536 g/mol. The lowest BCUT2D eigenvalue weighted by molar-refractivity contribution is -0.152. The first-order valence-corrected chi connectivity index (χ1v) is 12.3. The molecular formula is C25H27F7N2OS. The Labute approximate surface area is 208 Å². The van der Waals surface area contributed by atoms with Gasteiger partial charge < -0.3 is 9.12 Å². The number of nitrogens with one attached hydrogen (secondary N) is 1. The largest absolute Gasteiger partial charge is 0.598 e. The van der Waals surface area contributed by atoms with Crippen LogP contribution in [0.1, 0.15) is 51.8 Å². The molecule has 0 fully saturated rings. The summed E-state index contributed by atoms with van der Waals surface area (Å²) in [7, 11) is 0. The number of fused-ring (bicyclic) bond motifs is 1. The second-order valence-electron chi connectivity index (χ2n) is 10.0. The Kier molecular flexibility index (Phi) is 7.80. The van der Waals surface area contributed by atoms with Gasteiger partial charge in [0.2, 0.25) is 0 Å². The Balaban J connectivity index is 2.24. The number of nitrogens with zero attached hydrogens (tertiary/aromatic N) is 1. The smallest absolute Gasteiger partial charge is 0.417 e. The van der Waals surface area contributed by atoms with Crippen molar-refractivity contribution in [1.29, 1.82) is 0 Å². The van der Waals surface area contributed by atoms with E-state index in [1.165, 1.54) is 24.4 Å². The predicted molar refractivity (Wildman–Crippen MR) is 127 cm³/mol. The van der Waals surface area contributed by atoms with Crippen LogP contribution in [0, 0.1) is 11.7 Å². The van der Waals surface area contributed by atoms with Crippen molar-refractivity contribution in [2.45, 2.75) is 64.3 Å². The molecular weight excluding hydrogens is 509 g/mol. The number of hydrogen-bond acceptors (Lipinski definition) is 2. The van der Waals surface area contributed by atoms with Gasteiger partial charge in [-0.25, -0.2) is 4.39 Å². The Hall–Kier alpha value is -2.24. The Bertz CT molecular complexity index is 1230. The molecule has 1 N–H and O–H groups in total. The molecule has 3 aromatic rings. The van der Waals surface area contributed by atoms with Gasteiger partial charge in [0.15, 0.2) is 6.04 Å². The molecule has 0 amide bonds. The van der Waals surface area contributed by atoms with Gasteiger partial charge in [0.05, 0.1) is 5.56 Å². The first-order valence-electron chi connectivity index (χ1n) is 11.1. The SMILES string of the molecule is CC(C)Cn1cc([C@H](N[S+]([O-])C(C)(C)C)C(F)(F)F)c2ccc(-c3ccc(F)cc3C(F)(F)F)cc21. The quantitative estimate of drug-likeness (QED) is 0.258. The molecule has 11 heteroatoms. The molecule has 1 heterocycles. The number of benzene rings is 2. The molecule has 2 atom stereocenters. The summed E-state index contributed by atoms with van der Waals surface area (Å²) in [5.74, 6) is -1.04. The van der Waals surface area contributed by atoms with E-state index in [4.69, 9.17) is 0 Å². The van der Waals surface area contributed by atoms with Crippen LogP contribution >= 0.6 is 0 Å². The van der Waals surface area contributed by atoms with Crippen LogP contribution in [0.25, 0.3) is 22.0 Å². The highest BCUT2D eigenvalue weighted by Crippen LogP contribution is 2.42. The summed E-state index contributed by atoms with van der Waals surface area (Å²) >= 11 is -2.05. The molecule has 3 nitrogen and oxygen atoms in total. The third-order valence-electron chi connectivity index (χ3n) is 5.49. The van der Waals surface area contributed by atoms with Crippen molar-refractivity contribution in [3.63, 3.8) is 0 Å². The van der Waals surface area contributed by atoms with Gasteiger partial charge in [-0.2, -0.15) is 26.3 Å². The second kappa shape index (κ2) is 9.90. The Morgan fingerprint density at radius 3 is 2.14 bits per heavy atom. The van der Waals surface area contributed by atoms with Crippen molar-refractivity contribution in [1.82, 2.24) is 9.29 Å². The fourth-order valence-electron chi connectivity index (χ4n) is 3.86. The van der Waals surface area contributed by atoms with Gasteiger partial charge in [-0.3, -0.25) is 0 Å². The van der Waals surface area contributed by atoms with Gasteiger partial charge >= 0.3 is 12.4 Å². The lowest BCUT2D eigenvalue weighted by Crippen LogP contribution is -2.45. The maximum absolute atomic E-state index is 14.2. The molecule has 2 aromatic carbocycles. The van der Waals surface area contributed by atoms with E-state index in [-0.39, 0.29) is 33.5 Å². The lowest BCUT2D eigenvalue weighted by atomic mass is 9.97. The molecule has 0 saturated heterocycles. The molecule has 1 aromatic heterocycles. The van der Waals surface area contributed by atoms with E-state index < -0.39 is 45.9 Å². The molecule has 0 bridgehead atoms. The molecule has 198 valence electrons. The van der Waals surface area contributed by atoms with Crippen LogP contribution < -0.4 is 4.72 Å². The van der Waals surface area contributed by atoms with E-state index >= 15 is 0 Å². The van der Waals surface area contributed by atoms with E-state index in [1.54, 1.807) is 25.3 Å². The van der Waals surface area contributed by atoms with Crippen LogP contribution in [0.3, 0.4) is 0 Å². The highest BCUT2D eigenvalue weighted by atomic mass is 32.2. The molecule has 1 unspecified atom stereocenters. The fourth-order valence-corrected chi connectivity index (χ4v) is 4.68. The summed E-state index contributed by atoms with van der Waals surface area (Å²) in [6, 6.07) is 4.00. The third kappa shape index (κ3) is 6.18. The van der Waals surface area contributed by atoms with Gasteiger partial charge in [0.1, 0.15) is 10.6 Å². The predicted octanol–water partition coefficient (Wildman–Crippen LogP) is 7.78. The number of aromatic nitrogens is 1. The zero-order chi connectivity index (χ0) is 27.2. The molecule has 0 aliphatic carbocycles. The topological polar surface area (TPSA) is 40.0 Å². The van der Waals surface area contributed by atoms with Crippen molar-refractivity contribution in [2.24, 2.45) is 5.92 Å². The number of alkyl halides is 6. The molecule has 0 aliphatic heterocycles. The highest BCUT2D eigenvalue weighted by Gasteiger charge is 2.47. The van der Waals surface area contributed by atoms with Crippen LogP contribution in [-0.2, 0) is 24.1 Å². The Morgan fingerprint density at radius 2 is 1.61 bits per heavy atom. The minimum Gasteiger partial charge on any atom is -0.598 e. The molecule has 36 heavy (non-hydrogen) atoms. The maximum Gasteiger partial charge on any atom is 0.417 e. The fraction of sp³-hybridized carbons (Fsp3) is 0.440. The minimum absolute atomic E-state index is 0.00895. The summed E-state index contributed by atoms with van der Waals surface area (Å²) in [5.41, 5.74) is -1.29.